The van der Waals surface area contributed by atoms with Gasteiger partial charge in [0.15, 0.2) is 5.78 Å². The van der Waals surface area contributed by atoms with Gasteiger partial charge in [0.25, 0.3) is 0 Å². The van der Waals surface area contributed by atoms with Crippen molar-refractivity contribution in [1.29, 1.82) is 0 Å². The number of allylic oxidation sites excluding steroid dienone is 2. The zero-order valence-corrected chi connectivity index (χ0v) is 14.3. The van der Waals surface area contributed by atoms with Gasteiger partial charge in [-0.05, 0) is 72.2 Å². The highest BCUT2D eigenvalue weighted by Gasteiger charge is 2.74. The van der Waals surface area contributed by atoms with Crippen molar-refractivity contribution in [2.75, 3.05) is 0 Å². The van der Waals surface area contributed by atoms with E-state index in [9.17, 15) is 4.79 Å². The molecule has 1 nitrogen and oxygen atoms in total. The molecule has 0 amide bonds. The van der Waals surface area contributed by atoms with E-state index < -0.39 is 0 Å². The highest BCUT2D eigenvalue weighted by molar-refractivity contribution is 5.96. The first kappa shape index (κ1) is 14.0. The molecule has 0 saturated heterocycles. The molecule has 4 aliphatic rings. The lowest BCUT2D eigenvalue weighted by molar-refractivity contribution is -0.134. The van der Waals surface area contributed by atoms with Crippen molar-refractivity contribution < 1.29 is 4.79 Å². The Morgan fingerprint density at radius 1 is 1.10 bits per heavy atom. The first-order valence-corrected chi connectivity index (χ1v) is 8.90. The highest BCUT2D eigenvalue weighted by atomic mass is 16.1. The topological polar surface area (TPSA) is 17.1 Å². The Kier molecular flexibility index (Phi) is 2.44. The molecular formula is C20H30O. The largest absolute Gasteiger partial charge is 0.294 e. The molecule has 0 N–H and O–H groups in total. The summed E-state index contributed by atoms with van der Waals surface area (Å²) >= 11 is 0. The molecule has 4 aliphatic carbocycles. The quantitative estimate of drug-likeness (QED) is 0.611. The molecule has 6 atom stereocenters. The Bertz CT molecular complexity index is 544. The summed E-state index contributed by atoms with van der Waals surface area (Å²) in [6, 6.07) is 0. The SMILES string of the molecule is C[C@@H]1C=CC(=O)[C@@]2(C)CC[C@@H]3[C@H]4C(C)(C)CC[C@@]4(C)C[C@@]132. The molecule has 4 rings (SSSR count). The second-order valence-electron chi connectivity index (χ2n) is 9.83. The van der Waals surface area contributed by atoms with Crippen LogP contribution in [-0.2, 0) is 4.79 Å². The molecule has 0 bridgehead atoms. The Morgan fingerprint density at radius 3 is 2.52 bits per heavy atom. The average molecular weight is 286 g/mol. The molecule has 116 valence electrons. The fourth-order valence-corrected chi connectivity index (χ4v) is 7.83. The lowest BCUT2D eigenvalue weighted by Gasteiger charge is -2.50. The maximum absolute atomic E-state index is 12.8. The van der Waals surface area contributed by atoms with E-state index in [0.717, 1.165) is 18.3 Å². The molecule has 3 saturated carbocycles. The van der Waals surface area contributed by atoms with Crippen LogP contribution in [0.2, 0.25) is 0 Å². The number of ketones is 1. The van der Waals surface area contributed by atoms with E-state index in [1.54, 1.807) is 0 Å². The molecule has 21 heavy (non-hydrogen) atoms. The molecule has 1 spiro atoms. The van der Waals surface area contributed by atoms with Gasteiger partial charge < -0.3 is 0 Å². The molecule has 0 aliphatic heterocycles. The van der Waals surface area contributed by atoms with Gasteiger partial charge in [-0.2, -0.15) is 0 Å². The first-order chi connectivity index (χ1) is 9.67. The van der Waals surface area contributed by atoms with Crippen molar-refractivity contribution in [2.45, 2.75) is 66.7 Å². The van der Waals surface area contributed by atoms with E-state index in [1.165, 1.54) is 25.7 Å². The molecule has 0 aromatic carbocycles. The number of hydrogen-bond donors (Lipinski definition) is 0. The smallest absolute Gasteiger partial charge is 0.161 e. The predicted octanol–water partition coefficient (Wildman–Crippen LogP) is 5.01. The molecular weight excluding hydrogens is 256 g/mol. The fraction of sp³-hybridized carbons (Fsp3) is 0.850. The second kappa shape index (κ2) is 3.66. The van der Waals surface area contributed by atoms with Gasteiger partial charge in [-0.15, -0.1) is 0 Å². The summed E-state index contributed by atoms with van der Waals surface area (Å²) < 4.78 is 0. The minimum Gasteiger partial charge on any atom is -0.294 e. The van der Waals surface area contributed by atoms with Crippen LogP contribution < -0.4 is 0 Å². The van der Waals surface area contributed by atoms with E-state index in [0.29, 0.717) is 22.5 Å². The van der Waals surface area contributed by atoms with E-state index in [1.807, 2.05) is 6.08 Å². The molecule has 3 fully saturated rings. The summed E-state index contributed by atoms with van der Waals surface area (Å²) in [5.41, 5.74) is 1.08. The Morgan fingerprint density at radius 2 is 1.81 bits per heavy atom. The van der Waals surface area contributed by atoms with Crippen LogP contribution >= 0.6 is 0 Å². The van der Waals surface area contributed by atoms with E-state index in [2.05, 4.69) is 40.7 Å². The zero-order chi connectivity index (χ0) is 15.3. The third-order valence-electron chi connectivity index (χ3n) is 8.57. The third kappa shape index (κ3) is 1.33. The minimum absolute atomic E-state index is 0.0880. The molecule has 1 heteroatoms. The summed E-state index contributed by atoms with van der Waals surface area (Å²) in [5.74, 6) is 2.55. The van der Waals surface area contributed by atoms with Crippen LogP contribution in [0.1, 0.15) is 66.7 Å². The van der Waals surface area contributed by atoms with Gasteiger partial charge in [-0.1, -0.05) is 40.7 Å². The highest BCUT2D eigenvalue weighted by Crippen LogP contribution is 2.79. The van der Waals surface area contributed by atoms with Crippen molar-refractivity contribution in [3.05, 3.63) is 12.2 Å². The van der Waals surface area contributed by atoms with Gasteiger partial charge in [0.2, 0.25) is 0 Å². The van der Waals surface area contributed by atoms with Crippen LogP contribution in [0.15, 0.2) is 12.2 Å². The normalized spacial score (nSPS) is 57.2. The van der Waals surface area contributed by atoms with E-state index >= 15 is 0 Å². The first-order valence-electron chi connectivity index (χ1n) is 8.90. The summed E-state index contributed by atoms with van der Waals surface area (Å²) in [7, 11) is 0. The number of carbonyl (C=O) groups excluding carboxylic acids is 1. The van der Waals surface area contributed by atoms with Crippen molar-refractivity contribution in [1.82, 2.24) is 0 Å². The van der Waals surface area contributed by atoms with Crippen LogP contribution in [0.25, 0.3) is 0 Å². The number of fused-ring (bicyclic) bond motifs is 2. The van der Waals surface area contributed by atoms with Crippen LogP contribution in [0, 0.1) is 39.4 Å². The summed E-state index contributed by atoms with van der Waals surface area (Å²) in [5, 5.41) is 0. The molecule has 0 unspecified atom stereocenters. The average Bonchev–Trinajstić information content (AvgIpc) is 2.92. The number of rotatable bonds is 0. The number of hydrogen-bond acceptors (Lipinski definition) is 1. The molecule has 0 radical (unpaired) electrons. The van der Waals surface area contributed by atoms with E-state index in [4.69, 9.17) is 0 Å². The second-order valence-corrected chi connectivity index (χ2v) is 9.83. The Labute approximate surface area is 129 Å². The van der Waals surface area contributed by atoms with Gasteiger partial charge in [-0.25, -0.2) is 0 Å². The van der Waals surface area contributed by atoms with E-state index in [-0.39, 0.29) is 10.8 Å². The van der Waals surface area contributed by atoms with Crippen LogP contribution in [-0.4, -0.2) is 5.78 Å². The van der Waals surface area contributed by atoms with Crippen molar-refractivity contribution in [3.8, 4) is 0 Å². The summed E-state index contributed by atoms with van der Waals surface area (Å²) in [4.78, 5) is 12.8. The van der Waals surface area contributed by atoms with Crippen LogP contribution in [0.4, 0.5) is 0 Å². The Balaban J connectivity index is 1.90. The lowest BCUT2D eigenvalue weighted by atomic mass is 9.52. The zero-order valence-electron chi connectivity index (χ0n) is 14.3. The molecule has 0 heterocycles. The van der Waals surface area contributed by atoms with Gasteiger partial charge in [0.05, 0.1) is 0 Å². The van der Waals surface area contributed by atoms with Gasteiger partial charge >= 0.3 is 0 Å². The van der Waals surface area contributed by atoms with Gasteiger partial charge in [0, 0.05) is 5.41 Å². The fourth-order valence-electron chi connectivity index (χ4n) is 7.83. The third-order valence-corrected chi connectivity index (χ3v) is 8.57. The summed E-state index contributed by atoms with van der Waals surface area (Å²) in [6.45, 7) is 12.2. The van der Waals surface area contributed by atoms with Crippen molar-refractivity contribution in [3.63, 3.8) is 0 Å². The van der Waals surface area contributed by atoms with Crippen molar-refractivity contribution in [2.24, 2.45) is 39.4 Å². The maximum Gasteiger partial charge on any atom is 0.161 e. The van der Waals surface area contributed by atoms with Crippen molar-refractivity contribution >= 4 is 5.78 Å². The summed E-state index contributed by atoms with van der Waals surface area (Å²) in [6.07, 6.45) is 10.6. The standard InChI is InChI=1S/C20H30O/c1-13-6-7-15(21)19(5)9-8-14-16-17(2,3)10-11-18(16,4)12-20(13,14)19/h6-7,13-14,16H,8-12H2,1-5H3/t13-,14-,16+,18+,19-,20-/m1/s1. The Hall–Kier alpha value is -0.590. The lowest BCUT2D eigenvalue weighted by Crippen LogP contribution is -2.49. The molecule has 0 aromatic heterocycles. The number of carbonyl (C=O) groups is 1. The maximum atomic E-state index is 12.8. The predicted molar refractivity (Wildman–Crippen MR) is 85.8 cm³/mol. The van der Waals surface area contributed by atoms with Crippen LogP contribution in [0.5, 0.6) is 0 Å². The van der Waals surface area contributed by atoms with Gasteiger partial charge in [0.1, 0.15) is 0 Å². The van der Waals surface area contributed by atoms with Crippen LogP contribution in [0.3, 0.4) is 0 Å². The monoisotopic (exact) mass is 286 g/mol. The molecule has 0 aromatic rings. The van der Waals surface area contributed by atoms with Gasteiger partial charge in [-0.3, -0.25) is 4.79 Å². The minimum atomic E-state index is -0.0880.